The van der Waals surface area contributed by atoms with E-state index in [9.17, 15) is 4.79 Å². The number of rotatable bonds is 3. The number of nitriles is 1. The van der Waals surface area contributed by atoms with Gasteiger partial charge < -0.3 is 5.32 Å². The Hall–Kier alpha value is -2.91. The summed E-state index contributed by atoms with van der Waals surface area (Å²) in [4.78, 5) is 12.0. The lowest BCUT2D eigenvalue weighted by molar-refractivity contribution is -0.121. The molecule has 2 aromatic carbocycles. The van der Waals surface area contributed by atoms with Crippen LogP contribution in [-0.2, 0) is 4.79 Å². The molecule has 2 rings (SSSR count). The van der Waals surface area contributed by atoms with Crippen molar-refractivity contribution in [1.29, 1.82) is 5.26 Å². The zero-order valence-corrected chi connectivity index (χ0v) is 12.4. The van der Waals surface area contributed by atoms with Crippen LogP contribution in [0.4, 0.5) is 5.69 Å². The van der Waals surface area contributed by atoms with E-state index in [1.807, 2.05) is 42.5 Å². The van der Waals surface area contributed by atoms with Crippen molar-refractivity contribution < 1.29 is 4.79 Å². The van der Waals surface area contributed by atoms with Crippen LogP contribution in [0.1, 0.15) is 11.5 Å². The average Bonchev–Trinajstić information content (AvgIpc) is 2.55. The molecule has 0 aliphatic heterocycles. The van der Waals surface area contributed by atoms with Gasteiger partial charge in [0, 0.05) is 5.69 Å². The molecule has 0 aliphatic carbocycles. The van der Waals surface area contributed by atoms with Gasteiger partial charge in [0.1, 0.15) is 0 Å². The molecular formula is C16H14N4OS. The predicted molar refractivity (Wildman–Crippen MR) is 88.7 cm³/mol. The third-order valence-corrected chi connectivity index (χ3v) is 3.06. The van der Waals surface area contributed by atoms with E-state index in [1.165, 1.54) is 0 Å². The highest BCUT2D eigenvalue weighted by atomic mass is 32.1. The molecule has 3 N–H and O–H groups in total. The minimum absolute atomic E-state index is 0.240. The zero-order chi connectivity index (χ0) is 15.8. The molecule has 0 aromatic heterocycles. The average molecular weight is 310 g/mol. The van der Waals surface area contributed by atoms with E-state index in [0.717, 1.165) is 5.69 Å². The number of carbonyl (C=O) groups excluding carboxylic acids is 1. The Morgan fingerprint density at radius 1 is 1.00 bits per heavy atom. The highest BCUT2D eigenvalue weighted by molar-refractivity contribution is 7.80. The van der Waals surface area contributed by atoms with Crippen LogP contribution in [0, 0.1) is 11.3 Å². The van der Waals surface area contributed by atoms with Gasteiger partial charge in [-0.05, 0) is 29.9 Å². The van der Waals surface area contributed by atoms with Gasteiger partial charge in [-0.1, -0.05) is 48.5 Å². The van der Waals surface area contributed by atoms with Crippen molar-refractivity contribution in [3.8, 4) is 6.07 Å². The minimum Gasteiger partial charge on any atom is -0.331 e. The van der Waals surface area contributed by atoms with Crippen LogP contribution < -0.4 is 16.2 Å². The smallest absolute Gasteiger partial charge is 0.260 e. The maximum absolute atomic E-state index is 12.0. The number of carbonyl (C=O) groups is 1. The third kappa shape index (κ3) is 4.30. The molecular weight excluding hydrogens is 296 g/mol. The number of nitrogens with one attached hydrogen (secondary N) is 3. The van der Waals surface area contributed by atoms with Crippen LogP contribution in [0.3, 0.4) is 0 Å². The molecule has 110 valence electrons. The molecule has 5 nitrogen and oxygen atoms in total. The summed E-state index contributed by atoms with van der Waals surface area (Å²) in [6, 6.07) is 20.1. The Balaban J connectivity index is 1.89. The van der Waals surface area contributed by atoms with Crippen molar-refractivity contribution in [2.75, 3.05) is 5.32 Å². The summed E-state index contributed by atoms with van der Waals surface area (Å²) >= 11 is 5.07. The fourth-order valence-electron chi connectivity index (χ4n) is 1.80. The Labute approximate surface area is 133 Å². The minimum atomic E-state index is -0.895. The molecule has 0 spiro atoms. The van der Waals surface area contributed by atoms with Crippen LogP contribution in [0.2, 0.25) is 0 Å². The van der Waals surface area contributed by atoms with Gasteiger partial charge in [0.2, 0.25) is 0 Å². The largest absolute Gasteiger partial charge is 0.331 e. The Bertz CT molecular complexity index is 682. The van der Waals surface area contributed by atoms with Crippen LogP contribution in [0.5, 0.6) is 0 Å². The van der Waals surface area contributed by atoms with E-state index >= 15 is 0 Å². The topological polar surface area (TPSA) is 77.0 Å². The Morgan fingerprint density at radius 2 is 1.59 bits per heavy atom. The number of nitrogens with zero attached hydrogens (tertiary/aromatic N) is 1. The van der Waals surface area contributed by atoms with Gasteiger partial charge in [-0.3, -0.25) is 15.6 Å². The number of anilines is 1. The standard InChI is InChI=1S/C16H14N4OS/c17-11-14(12-7-3-1-4-8-12)15(21)19-20-16(22)18-13-9-5-2-6-10-13/h1-10,14H,(H,19,21)(H2,18,20,22). The molecule has 0 fully saturated rings. The predicted octanol–water partition coefficient (Wildman–Crippen LogP) is 2.31. The molecule has 0 heterocycles. The van der Waals surface area contributed by atoms with Gasteiger partial charge >= 0.3 is 0 Å². The fraction of sp³-hybridized carbons (Fsp3) is 0.0625. The Morgan fingerprint density at radius 3 is 2.18 bits per heavy atom. The second-order valence-corrected chi connectivity index (χ2v) is 4.82. The van der Waals surface area contributed by atoms with E-state index in [-0.39, 0.29) is 5.11 Å². The highest BCUT2D eigenvalue weighted by Gasteiger charge is 2.19. The molecule has 0 bridgehead atoms. The van der Waals surface area contributed by atoms with E-state index < -0.39 is 11.8 Å². The number of thiocarbonyl (C=S) groups is 1. The van der Waals surface area contributed by atoms with Crippen molar-refractivity contribution in [1.82, 2.24) is 10.9 Å². The second-order valence-electron chi connectivity index (χ2n) is 4.41. The summed E-state index contributed by atoms with van der Waals surface area (Å²) < 4.78 is 0. The molecule has 0 radical (unpaired) electrons. The maximum atomic E-state index is 12.0. The molecule has 22 heavy (non-hydrogen) atoms. The van der Waals surface area contributed by atoms with Crippen LogP contribution in [-0.4, -0.2) is 11.0 Å². The maximum Gasteiger partial charge on any atom is 0.260 e. The van der Waals surface area contributed by atoms with E-state index in [2.05, 4.69) is 16.2 Å². The van der Waals surface area contributed by atoms with Gasteiger partial charge in [-0.2, -0.15) is 5.26 Å². The lowest BCUT2D eigenvalue weighted by Gasteiger charge is -2.14. The third-order valence-electron chi connectivity index (χ3n) is 2.86. The number of amides is 1. The van der Waals surface area contributed by atoms with Crippen molar-refractivity contribution in [3.05, 3.63) is 66.2 Å². The Kier molecular flexibility index (Phi) is 5.46. The summed E-state index contributed by atoms with van der Waals surface area (Å²) in [6.07, 6.45) is 0. The summed E-state index contributed by atoms with van der Waals surface area (Å²) in [6.45, 7) is 0. The first-order chi connectivity index (χ1) is 10.7. The number of hydrogen-bond donors (Lipinski definition) is 3. The number of hydrogen-bond acceptors (Lipinski definition) is 3. The van der Waals surface area contributed by atoms with Crippen molar-refractivity contribution in [2.45, 2.75) is 5.92 Å². The SMILES string of the molecule is N#CC(C(=O)NNC(=S)Nc1ccccc1)c1ccccc1. The molecule has 1 unspecified atom stereocenters. The van der Waals surface area contributed by atoms with Gasteiger partial charge in [0.05, 0.1) is 6.07 Å². The van der Waals surface area contributed by atoms with Gasteiger partial charge in [0.25, 0.3) is 5.91 Å². The van der Waals surface area contributed by atoms with E-state index in [4.69, 9.17) is 17.5 Å². The van der Waals surface area contributed by atoms with Crippen molar-refractivity contribution >= 4 is 28.9 Å². The first kappa shape index (κ1) is 15.5. The zero-order valence-electron chi connectivity index (χ0n) is 11.6. The first-order valence-electron chi connectivity index (χ1n) is 6.57. The summed E-state index contributed by atoms with van der Waals surface area (Å²) in [5, 5.41) is 12.3. The summed E-state index contributed by atoms with van der Waals surface area (Å²) in [7, 11) is 0. The van der Waals surface area contributed by atoms with Crippen molar-refractivity contribution in [2.24, 2.45) is 0 Å². The number of hydrazine groups is 1. The van der Waals surface area contributed by atoms with E-state index in [0.29, 0.717) is 5.56 Å². The van der Waals surface area contributed by atoms with Crippen LogP contribution in [0.25, 0.3) is 0 Å². The van der Waals surface area contributed by atoms with Gasteiger partial charge in [0.15, 0.2) is 11.0 Å². The lowest BCUT2D eigenvalue weighted by Crippen LogP contribution is -2.45. The van der Waals surface area contributed by atoms with Crippen LogP contribution in [0.15, 0.2) is 60.7 Å². The normalized spacial score (nSPS) is 10.9. The molecule has 1 amide bonds. The monoisotopic (exact) mass is 310 g/mol. The molecule has 0 aliphatic rings. The number of para-hydroxylation sites is 1. The molecule has 0 saturated carbocycles. The van der Waals surface area contributed by atoms with Crippen LogP contribution >= 0.6 is 12.2 Å². The highest BCUT2D eigenvalue weighted by Crippen LogP contribution is 2.14. The van der Waals surface area contributed by atoms with E-state index in [1.54, 1.807) is 24.3 Å². The molecule has 2 aromatic rings. The number of benzene rings is 2. The quantitative estimate of drug-likeness (QED) is 0.599. The van der Waals surface area contributed by atoms with Gasteiger partial charge in [-0.25, -0.2) is 0 Å². The summed E-state index contributed by atoms with van der Waals surface area (Å²) in [5.41, 5.74) is 6.45. The molecule has 6 heteroatoms. The van der Waals surface area contributed by atoms with Gasteiger partial charge in [-0.15, -0.1) is 0 Å². The lowest BCUT2D eigenvalue weighted by atomic mass is 10.0. The summed E-state index contributed by atoms with van der Waals surface area (Å²) in [5.74, 6) is -1.36. The second kappa shape index (κ2) is 7.76. The molecule has 1 atom stereocenters. The molecule has 0 saturated heterocycles. The fourth-order valence-corrected chi connectivity index (χ4v) is 1.97. The van der Waals surface area contributed by atoms with Crippen molar-refractivity contribution in [3.63, 3.8) is 0 Å². The first-order valence-corrected chi connectivity index (χ1v) is 6.98.